The molecular weight excluding hydrogens is 358 g/mol. The minimum Gasteiger partial charge on any atom is -0.476 e. The number of ether oxygens (including phenoxy) is 2. The Hall–Kier alpha value is -2.84. The minimum atomic E-state index is -0.121. The van der Waals surface area contributed by atoms with Crippen LogP contribution in [0.4, 0.5) is 0 Å². The fourth-order valence-electron chi connectivity index (χ4n) is 3.18. The highest BCUT2D eigenvalue weighted by Crippen LogP contribution is 2.41. The van der Waals surface area contributed by atoms with E-state index in [1.54, 1.807) is 12.4 Å². The summed E-state index contributed by atoms with van der Waals surface area (Å²) in [7, 11) is 4.00. The van der Waals surface area contributed by atoms with Crippen molar-refractivity contribution in [2.45, 2.75) is 18.4 Å². The number of hydrogen-bond donors (Lipinski definition) is 0. The largest absolute Gasteiger partial charge is 0.476 e. The number of likely N-dealkylation sites (N-methyl/N-ethyl adjacent to an activating group) is 1. The highest BCUT2D eigenvalue weighted by molar-refractivity contribution is 5.55. The molecule has 0 unspecified atom stereocenters. The van der Waals surface area contributed by atoms with E-state index in [1.165, 1.54) is 0 Å². The summed E-state index contributed by atoms with van der Waals surface area (Å²) in [6.07, 6.45) is 5.97. The van der Waals surface area contributed by atoms with Crippen LogP contribution in [0.3, 0.4) is 0 Å². The molecule has 1 fully saturated rings. The SMILES string of the molecule is CN(C)CCOc1cc(-c2noc([C@H]3CCO[C@@H]3c3cccnc3)n2)ccn1. The van der Waals surface area contributed by atoms with Gasteiger partial charge in [-0.25, -0.2) is 4.98 Å². The second-order valence-electron chi connectivity index (χ2n) is 6.96. The number of aromatic nitrogens is 4. The lowest BCUT2D eigenvalue weighted by Crippen LogP contribution is -2.19. The van der Waals surface area contributed by atoms with Crippen molar-refractivity contribution in [3.63, 3.8) is 0 Å². The molecule has 4 rings (SSSR count). The van der Waals surface area contributed by atoms with Crippen molar-refractivity contribution in [2.75, 3.05) is 33.9 Å². The van der Waals surface area contributed by atoms with Crippen LogP contribution in [-0.2, 0) is 4.74 Å². The molecule has 8 nitrogen and oxygen atoms in total. The van der Waals surface area contributed by atoms with E-state index in [0.29, 0.717) is 30.8 Å². The maximum Gasteiger partial charge on any atom is 0.233 e. The lowest BCUT2D eigenvalue weighted by Gasteiger charge is -2.14. The predicted molar refractivity (Wildman–Crippen MR) is 102 cm³/mol. The van der Waals surface area contributed by atoms with Crippen LogP contribution in [0.25, 0.3) is 11.4 Å². The third kappa shape index (κ3) is 4.18. The molecule has 0 aliphatic carbocycles. The normalized spacial score (nSPS) is 19.2. The maximum atomic E-state index is 5.90. The summed E-state index contributed by atoms with van der Waals surface area (Å²) in [5, 5.41) is 4.16. The summed E-state index contributed by atoms with van der Waals surface area (Å²) >= 11 is 0. The van der Waals surface area contributed by atoms with E-state index in [-0.39, 0.29) is 12.0 Å². The van der Waals surface area contributed by atoms with Gasteiger partial charge in [-0.1, -0.05) is 11.2 Å². The Balaban J connectivity index is 1.50. The van der Waals surface area contributed by atoms with Gasteiger partial charge in [0.05, 0.1) is 12.0 Å². The number of pyridine rings is 2. The van der Waals surface area contributed by atoms with Gasteiger partial charge >= 0.3 is 0 Å². The lowest BCUT2D eigenvalue weighted by molar-refractivity contribution is 0.0984. The number of rotatable bonds is 7. The average molecular weight is 381 g/mol. The number of nitrogens with zero attached hydrogens (tertiary/aromatic N) is 5. The van der Waals surface area contributed by atoms with Gasteiger partial charge in [0.2, 0.25) is 17.6 Å². The van der Waals surface area contributed by atoms with Gasteiger partial charge in [-0.05, 0) is 38.2 Å². The summed E-state index contributed by atoms with van der Waals surface area (Å²) in [4.78, 5) is 15.1. The van der Waals surface area contributed by atoms with Gasteiger partial charge in [-0.2, -0.15) is 4.98 Å². The van der Waals surface area contributed by atoms with Gasteiger partial charge in [0, 0.05) is 43.4 Å². The third-order valence-electron chi connectivity index (χ3n) is 4.65. The molecule has 0 bridgehead atoms. The van der Waals surface area contributed by atoms with Crippen molar-refractivity contribution < 1.29 is 14.0 Å². The Morgan fingerprint density at radius 1 is 1.25 bits per heavy atom. The van der Waals surface area contributed by atoms with Crippen LogP contribution in [0.2, 0.25) is 0 Å². The Bertz CT molecular complexity index is 900. The van der Waals surface area contributed by atoms with Gasteiger partial charge < -0.3 is 18.9 Å². The fourth-order valence-corrected chi connectivity index (χ4v) is 3.18. The van der Waals surface area contributed by atoms with E-state index >= 15 is 0 Å². The second-order valence-corrected chi connectivity index (χ2v) is 6.96. The molecule has 8 heteroatoms. The van der Waals surface area contributed by atoms with E-state index < -0.39 is 0 Å². The zero-order chi connectivity index (χ0) is 19.3. The summed E-state index contributed by atoms with van der Waals surface area (Å²) < 4.78 is 17.2. The smallest absolute Gasteiger partial charge is 0.233 e. The van der Waals surface area contributed by atoms with Gasteiger partial charge in [0.15, 0.2) is 0 Å². The van der Waals surface area contributed by atoms with Crippen LogP contribution in [0, 0.1) is 0 Å². The zero-order valence-electron chi connectivity index (χ0n) is 16.0. The topological polar surface area (TPSA) is 86.4 Å². The van der Waals surface area contributed by atoms with Gasteiger partial charge in [-0.3, -0.25) is 4.98 Å². The lowest BCUT2D eigenvalue weighted by atomic mass is 9.96. The van der Waals surface area contributed by atoms with E-state index in [2.05, 4.69) is 25.0 Å². The fraction of sp³-hybridized carbons (Fsp3) is 0.400. The van der Waals surface area contributed by atoms with Gasteiger partial charge in [0.1, 0.15) is 6.61 Å². The molecule has 1 aliphatic heterocycles. The Morgan fingerprint density at radius 2 is 2.18 bits per heavy atom. The molecule has 0 spiro atoms. The molecule has 146 valence electrons. The second kappa shape index (κ2) is 8.45. The van der Waals surface area contributed by atoms with Crippen LogP contribution >= 0.6 is 0 Å². The molecule has 1 aliphatic rings. The Labute approximate surface area is 163 Å². The molecule has 28 heavy (non-hydrogen) atoms. The summed E-state index contributed by atoms with van der Waals surface area (Å²) in [5.74, 6) is 1.66. The first-order chi connectivity index (χ1) is 13.7. The molecule has 1 saturated heterocycles. The maximum absolute atomic E-state index is 5.90. The van der Waals surface area contributed by atoms with Crippen molar-refractivity contribution in [1.82, 2.24) is 25.0 Å². The molecule has 2 atom stereocenters. The summed E-state index contributed by atoms with van der Waals surface area (Å²) in [6.45, 7) is 2.03. The highest BCUT2D eigenvalue weighted by Gasteiger charge is 2.35. The highest BCUT2D eigenvalue weighted by atomic mass is 16.5. The third-order valence-corrected chi connectivity index (χ3v) is 4.65. The van der Waals surface area contributed by atoms with E-state index in [1.807, 2.05) is 44.6 Å². The van der Waals surface area contributed by atoms with Crippen LogP contribution in [0.5, 0.6) is 5.88 Å². The van der Waals surface area contributed by atoms with Gasteiger partial charge in [-0.15, -0.1) is 0 Å². The first-order valence-electron chi connectivity index (χ1n) is 9.30. The average Bonchev–Trinajstić information content (AvgIpc) is 3.38. The van der Waals surface area contributed by atoms with E-state index in [9.17, 15) is 0 Å². The summed E-state index contributed by atoms with van der Waals surface area (Å²) in [5.41, 5.74) is 1.83. The first-order valence-corrected chi connectivity index (χ1v) is 9.30. The Kier molecular flexibility index (Phi) is 5.59. The molecule has 0 amide bonds. The van der Waals surface area contributed by atoms with Crippen LogP contribution < -0.4 is 4.74 Å². The molecular formula is C20H23N5O3. The van der Waals surface area contributed by atoms with Crippen LogP contribution in [0.15, 0.2) is 47.4 Å². The molecule has 3 aromatic rings. The monoisotopic (exact) mass is 381 g/mol. The molecule has 3 aromatic heterocycles. The molecule has 0 radical (unpaired) electrons. The van der Waals surface area contributed by atoms with Crippen molar-refractivity contribution in [3.05, 3.63) is 54.3 Å². The predicted octanol–water partition coefficient (Wildman–Crippen LogP) is 2.71. The molecule has 0 N–H and O–H groups in total. The van der Waals surface area contributed by atoms with Crippen LogP contribution in [-0.4, -0.2) is 58.9 Å². The van der Waals surface area contributed by atoms with E-state index in [0.717, 1.165) is 24.1 Å². The first kappa shape index (κ1) is 18.5. The van der Waals surface area contributed by atoms with Gasteiger partial charge in [0.25, 0.3) is 0 Å². The molecule has 4 heterocycles. The van der Waals surface area contributed by atoms with Crippen molar-refractivity contribution in [1.29, 1.82) is 0 Å². The van der Waals surface area contributed by atoms with E-state index in [4.69, 9.17) is 14.0 Å². The Morgan fingerprint density at radius 3 is 3.00 bits per heavy atom. The van der Waals surface area contributed by atoms with Crippen molar-refractivity contribution >= 4 is 0 Å². The minimum absolute atomic E-state index is 0.0168. The van der Waals surface area contributed by atoms with Crippen molar-refractivity contribution in [3.8, 4) is 17.3 Å². The quantitative estimate of drug-likeness (QED) is 0.617. The van der Waals surface area contributed by atoms with Crippen molar-refractivity contribution in [2.24, 2.45) is 0 Å². The number of hydrogen-bond acceptors (Lipinski definition) is 8. The zero-order valence-corrected chi connectivity index (χ0v) is 16.0. The molecule has 0 saturated carbocycles. The summed E-state index contributed by atoms with van der Waals surface area (Å²) in [6, 6.07) is 7.58. The van der Waals surface area contributed by atoms with Crippen LogP contribution in [0.1, 0.15) is 29.9 Å². The standard InChI is InChI=1S/C20H23N5O3/c1-25(2)9-11-26-17-12-14(5-8-22-17)19-23-20(28-24-19)16-6-10-27-18(16)15-4-3-7-21-13-15/h3-5,7-8,12-13,16,18H,6,9-11H2,1-2H3/t16-,18+/m0/s1. The molecule has 0 aromatic carbocycles.